The van der Waals surface area contributed by atoms with Crippen molar-refractivity contribution in [2.45, 2.75) is 26.3 Å². The number of hydrogen-bond acceptors (Lipinski definition) is 5. The highest BCUT2D eigenvalue weighted by Gasteiger charge is 2.19. The molecule has 0 radical (unpaired) electrons. The minimum Gasteiger partial charge on any atom is -0.493 e. The second-order valence-electron chi connectivity index (χ2n) is 6.06. The average Bonchev–Trinajstić information content (AvgIpc) is 2.70. The van der Waals surface area contributed by atoms with E-state index in [2.05, 4.69) is 5.32 Å². The Morgan fingerprint density at radius 2 is 1.74 bits per heavy atom. The van der Waals surface area contributed by atoms with Gasteiger partial charge in [-0.2, -0.15) is 0 Å². The molecule has 0 heterocycles. The van der Waals surface area contributed by atoms with E-state index in [1.807, 2.05) is 38.1 Å². The first kappa shape index (κ1) is 20.3. The summed E-state index contributed by atoms with van der Waals surface area (Å²) in [5.41, 5.74) is 2.37. The van der Waals surface area contributed by atoms with E-state index in [1.54, 1.807) is 18.2 Å². The molecule has 0 aliphatic carbocycles. The van der Waals surface area contributed by atoms with Crippen LogP contribution in [-0.2, 0) is 9.53 Å². The zero-order chi connectivity index (χ0) is 19.8. The Labute approximate surface area is 159 Å². The van der Waals surface area contributed by atoms with E-state index in [4.69, 9.17) is 14.2 Å². The number of ether oxygens (including phenoxy) is 3. The highest BCUT2D eigenvalue weighted by molar-refractivity contribution is 5.95. The Kier molecular flexibility index (Phi) is 7.23. The maximum atomic E-state index is 12.3. The molecule has 27 heavy (non-hydrogen) atoms. The van der Waals surface area contributed by atoms with Crippen molar-refractivity contribution in [3.05, 3.63) is 59.2 Å². The fraction of sp³-hybridized carbons (Fsp3) is 0.333. The molecule has 144 valence electrons. The van der Waals surface area contributed by atoms with Crippen LogP contribution in [0.4, 0.5) is 0 Å². The largest absolute Gasteiger partial charge is 0.493 e. The van der Waals surface area contributed by atoms with Crippen molar-refractivity contribution in [1.29, 1.82) is 0 Å². The number of benzene rings is 2. The molecule has 2 aromatic rings. The van der Waals surface area contributed by atoms with Crippen molar-refractivity contribution < 1.29 is 23.8 Å². The van der Waals surface area contributed by atoms with E-state index < -0.39 is 5.97 Å². The predicted octanol–water partition coefficient (Wildman–Crippen LogP) is 3.44. The number of methoxy groups -OCH3 is 2. The molecular formula is C21H25NO5. The molecule has 0 aromatic heterocycles. The molecule has 1 amide bonds. The standard InChI is InChI=1S/C21H25NO5/c1-5-17(15-11-9-14(2)10-12-15)22-19(23)13-27-21(24)16-7-6-8-18(25-3)20(16)26-4/h6-12,17H,5,13H2,1-4H3,(H,22,23)/t17-/m0/s1. The molecule has 0 bridgehead atoms. The van der Waals surface area contributed by atoms with Crippen molar-refractivity contribution in [3.63, 3.8) is 0 Å². The molecule has 1 N–H and O–H groups in total. The van der Waals surface area contributed by atoms with Gasteiger partial charge in [-0.15, -0.1) is 0 Å². The molecule has 2 rings (SSSR count). The van der Waals surface area contributed by atoms with Crippen molar-refractivity contribution in [2.75, 3.05) is 20.8 Å². The van der Waals surface area contributed by atoms with E-state index in [0.29, 0.717) is 5.75 Å². The third kappa shape index (κ3) is 5.23. The highest BCUT2D eigenvalue weighted by Crippen LogP contribution is 2.31. The quantitative estimate of drug-likeness (QED) is 0.720. The van der Waals surface area contributed by atoms with Gasteiger partial charge in [-0.05, 0) is 31.0 Å². The Balaban J connectivity index is 1.98. The van der Waals surface area contributed by atoms with Crippen LogP contribution in [0.25, 0.3) is 0 Å². The lowest BCUT2D eigenvalue weighted by atomic mass is 10.0. The zero-order valence-electron chi connectivity index (χ0n) is 16.1. The Bertz CT molecular complexity index is 786. The van der Waals surface area contributed by atoms with Crippen LogP contribution in [0.5, 0.6) is 11.5 Å². The molecule has 0 fully saturated rings. The summed E-state index contributed by atoms with van der Waals surface area (Å²) in [4.78, 5) is 24.5. The van der Waals surface area contributed by atoms with Crippen LogP contribution in [0.3, 0.4) is 0 Å². The van der Waals surface area contributed by atoms with E-state index in [0.717, 1.165) is 17.5 Å². The fourth-order valence-electron chi connectivity index (χ4n) is 2.71. The SMILES string of the molecule is CC[C@H](NC(=O)COC(=O)c1cccc(OC)c1OC)c1ccc(C)cc1. The van der Waals surface area contributed by atoms with Crippen LogP contribution in [-0.4, -0.2) is 32.7 Å². The van der Waals surface area contributed by atoms with Crippen molar-refractivity contribution in [2.24, 2.45) is 0 Å². The summed E-state index contributed by atoms with van der Waals surface area (Å²) in [6, 6.07) is 12.7. The highest BCUT2D eigenvalue weighted by atomic mass is 16.5. The molecule has 0 saturated heterocycles. The van der Waals surface area contributed by atoms with Crippen molar-refractivity contribution in [1.82, 2.24) is 5.32 Å². The molecule has 0 unspecified atom stereocenters. The first-order chi connectivity index (χ1) is 13.0. The number of para-hydroxylation sites is 1. The molecule has 6 heteroatoms. The topological polar surface area (TPSA) is 73.9 Å². The fourth-order valence-corrected chi connectivity index (χ4v) is 2.71. The summed E-state index contributed by atoms with van der Waals surface area (Å²) >= 11 is 0. The Hall–Kier alpha value is -3.02. The first-order valence-electron chi connectivity index (χ1n) is 8.74. The van der Waals surface area contributed by atoms with Gasteiger partial charge in [0.15, 0.2) is 18.1 Å². The maximum Gasteiger partial charge on any atom is 0.342 e. The summed E-state index contributed by atoms with van der Waals surface area (Å²) in [6.07, 6.45) is 0.729. The van der Waals surface area contributed by atoms with Gasteiger partial charge < -0.3 is 19.5 Å². The number of carbonyl (C=O) groups is 2. The van der Waals surface area contributed by atoms with E-state index >= 15 is 0 Å². The lowest BCUT2D eigenvalue weighted by Crippen LogP contribution is -2.32. The van der Waals surface area contributed by atoms with Gasteiger partial charge >= 0.3 is 5.97 Å². The predicted molar refractivity (Wildman–Crippen MR) is 102 cm³/mol. The van der Waals surface area contributed by atoms with Gasteiger partial charge in [0, 0.05) is 0 Å². The van der Waals surface area contributed by atoms with E-state index in [-0.39, 0.29) is 29.9 Å². The van der Waals surface area contributed by atoms with Crippen LogP contribution in [0.2, 0.25) is 0 Å². The number of hydrogen-bond donors (Lipinski definition) is 1. The minimum absolute atomic E-state index is 0.136. The third-order valence-electron chi connectivity index (χ3n) is 4.18. The molecule has 0 spiro atoms. The summed E-state index contributed by atoms with van der Waals surface area (Å²) in [5.74, 6) is -0.319. The maximum absolute atomic E-state index is 12.3. The Morgan fingerprint density at radius 1 is 1.04 bits per heavy atom. The van der Waals surface area contributed by atoms with Crippen LogP contribution >= 0.6 is 0 Å². The van der Waals surface area contributed by atoms with Gasteiger partial charge in [0.05, 0.1) is 20.3 Å². The van der Waals surface area contributed by atoms with Gasteiger partial charge in [-0.25, -0.2) is 4.79 Å². The van der Waals surface area contributed by atoms with E-state index in [9.17, 15) is 9.59 Å². The molecule has 1 atom stereocenters. The molecular weight excluding hydrogens is 346 g/mol. The van der Waals surface area contributed by atoms with Gasteiger partial charge in [0.1, 0.15) is 5.56 Å². The molecule has 0 aliphatic rings. The van der Waals surface area contributed by atoms with Crippen LogP contribution in [0, 0.1) is 6.92 Å². The third-order valence-corrected chi connectivity index (χ3v) is 4.18. The minimum atomic E-state index is -0.649. The van der Waals surface area contributed by atoms with Crippen LogP contribution < -0.4 is 14.8 Å². The number of aryl methyl sites for hydroxylation is 1. The smallest absolute Gasteiger partial charge is 0.342 e. The number of esters is 1. The zero-order valence-corrected chi connectivity index (χ0v) is 16.1. The molecule has 0 aliphatic heterocycles. The molecule has 2 aromatic carbocycles. The van der Waals surface area contributed by atoms with E-state index in [1.165, 1.54) is 14.2 Å². The van der Waals surface area contributed by atoms with Gasteiger partial charge in [0.25, 0.3) is 5.91 Å². The summed E-state index contributed by atoms with van der Waals surface area (Å²) in [5, 5.41) is 2.89. The van der Waals surface area contributed by atoms with Gasteiger partial charge in [-0.1, -0.05) is 42.8 Å². The average molecular weight is 371 g/mol. The summed E-state index contributed by atoms with van der Waals surface area (Å²) < 4.78 is 15.5. The Morgan fingerprint density at radius 3 is 2.33 bits per heavy atom. The number of nitrogens with one attached hydrogen (secondary N) is 1. The number of carbonyl (C=O) groups excluding carboxylic acids is 2. The number of amides is 1. The van der Waals surface area contributed by atoms with Gasteiger partial charge in [0.2, 0.25) is 0 Å². The number of rotatable bonds is 8. The lowest BCUT2D eigenvalue weighted by molar-refractivity contribution is -0.125. The van der Waals surface area contributed by atoms with Gasteiger partial charge in [-0.3, -0.25) is 4.79 Å². The second-order valence-corrected chi connectivity index (χ2v) is 6.06. The monoisotopic (exact) mass is 371 g/mol. The molecule has 0 saturated carbocycles. The van der Waals surface area contributed by atoms with Crippen molar-refractivity contribution in [3.8, 4) is 11.5 Å². The first-order valence-corrected chi connectivity index (χ1v) is 8.74. The summed E-state index contributed by atoms with van der Waals surface area (Å²) in [7, 11) is 2.92. The summed E-state index contributed by atoms with van der Waals surface area (Å²) in [6.45, 7) is 3.62. The normalized spacial score (nSPS) is 11.4. The lowest BCUT2D eigenvalue weighted by Gasteiger charge is -2.18. The van der Waals surface area contributed by atoms with Crippen LogP contribution in [0.1, 0.15) is 40.9 Å². The van der Waals surface area contributed by atoms with Crippen LogP contribution in [0.15, 0.2) is 42.5 Å². The molecule has 6 nitrogen and oxygen atoms in total. The second kappa shape index (κ2) is 9.62. The van der Waals surface area contributed by atoms with Crippen molar-refractivity contribution >= 4 is 11.9 Å².